The van der Waals surface area contributed by atoms with Crippen LogP contribution in [0.5, 0.6) is 5.88 Å². The van der Waals surface area contributed by atoms with Crippen molar-refractivity contribution in [1.29, 1.82) is 0 Å². The van der Waals surface area contributed by atoms with E-state index in [4.69, 9.17) is 13.7 Å². The molecule has 25 heavy (non-hydrogen) atoms. The van der Waals surface area contributed by atoms with Crippen molar-refractivity contribution in [2.45, 2.75) is 13.5 Å². The Morgan fingerprint density at radius 1 is 1.52 bits per heavy atom. The molecule has 0 N–H and O–H groups in total. The van der Waals surface area contributed by atoms with Gasteiger partial charge in [0, 0.05) is 32.7 Å². The summed E-state index contributed by atoms with van der Waals surface area (Å²) in [5.41, 5.74) is 0.637. The van der Waals surface area contributed by atoms with Crippen LogP contribution >= 0.6 is 30.4 Å². The molecule has 1 aliphatic heterocycles. The van der Waals surface area contributed by atoms with Crippen molar-refractivity contribution in [2.75, 3.05) is 19.8 Å². The Morgan fingerprint density at radius 2 is 2.32 bits per heavy atom. The molecule has 6 nitrogen and oxygen atoms in total. The van der Waals surface area contributed by atoms with Gasteiger partial charge >= 0.3 is 5.97 Å². The molecule has 0 saturated heterocycles. The monoisotopic (exact) mass is 478 g/mol. The molecule has 2 heterocycles. The minimum atomic E-state index is -0.570. The standard InChI is InChI=1S/C16H16FIN2O4S/c1-2-22-16(21)13-14(11-5-3-4-6-12(11)17)19-20-7-10(9-24-25-18)8-23-15(13)20/h3-6,10H,2,7-9H2,1H3. The highest BCUT2D eigenvalue weighted by Crippen LogP contribution is 2.35. The van der Waals surface area contributed by atoms with Gasteiger partial charge in [-0.15, -0.1) is 0 Å². The van der Waals surface area contributed by atoms with Gasteiger partial charge in [-0.25, -0.2) is 13.9 Å². The van der Waals surface area contributed by atoms with E-state index in [1.165, 1.54) is 15.3 Å². The molecule has 0 fully saturated rings. The molecule has 1 aliphatic rings. The number of fused-ring (bicyclic) bond motifs is 1. The van der Waals surface area contributed by atoms with Crippen LogP contribution in [0.3, 0.4) is 0 Å². The summed E-state index contributed by atoms with van der Waals surface area (Å²) in [4.78, 5) is 12.4. The van der Waals surface area contributed by atoms with Crippen LogP contribution in [0.4, 0.5) is 4.39 Å². The third-order valence-electron chi connectivity index (χ3n) is 3.75. The lowest BCUT2D eigenvalue weighted by atomic mass is 10.1. The van der Waals surface area contributed by atoms with Crippen molar-refractivity contribution in [3.8, 4) is 17.1 Å². The Bertz CT molecular complexity index is 771. The van der Waals surface area contributed by atoms with Gasteiger partial charge in [-0.3, -0.25) is 0 Å². The van der Waals surface area contributed by atoms with Crippen LogP contribution < -0.4 is 4.74 Å². The molecule has 9 heteroatoms. The number of carbonyl (C=O) groups is 1. The average molecular weight is 478 g/mol. The van der Waals surface area contributed by atoms with Crippen molar-refractivity contribution in [1.82, 2.24) is 9.78 Å². The van der Waals surface area contributed by atoms with E-state index in [9.17, 15) is 9.18 Å². The topological polar surface area (TPSA) is 62.6 Å². The summed E-state index contributed by atoms with van der Waals surface area (Å²) in [6.07, 6.45) is 0. The molecular weight excluding hydrogens is 462 g/mol. The molecule has 1 aromatic heterocycles. The number of carbonyl (C=O) groups excluding carboxylic acids is 1. The molecule has 1 unspecified atom stereocenters. The van der Waals surface area contributed by atoms with Gasteiger partial charge < -0.3 is 13.7 Å². The molecule has 0 radical (unpaired) electrons. The quantitative estimate of drug-likeness (QED) is 0.357. The first kappa shape index (κ1) is 18.5. The van der Waals surface area contributed by atoms with Crippen LogP contribution in [-0.2, 0) is 15.5 Å². The normalized spacial score (nSPS) is 16.2. The zero-order chi connectivity index (χ0) is 17.8. The summed E-state index contributed by atoms with van der Waals surface area (Å²) in [7, 11) is 1.26. The largest absolute Gasteiger partial charge is 0.477 e. The third kappa shape index (κ3) is 3.93. The molecule has 1 aromatic carbocycles. The van der Waals surface area contributed by atoms with E-state index in [0.29, 0.717) is 25.6 Å². The molecule has 0 bridgehead atoms. The maximum atomic E-state index is 14.2. The smallest absolute Gasteiger partial charge is 0.345 e. The number of halogens is 2. The molecular formula is C16H16FIN2O4S. The van der Waals surface area contributed by atoms with E-state index in [1.54, 1.807) is 29.8 Å². The maximum absolute atomic E-state index is 14.2. The molecule has 1 atom stereocenters. The van der Waals surface area contributed by atoms with Gasteiger partial charge in [-0.2, -0.15) is 5.10 Å². The second kappa shape index (κ2) is 8.37. The van der Waals surface area contributed by atoms with Gasteiger partial charge in [0.15, 0.2) is 0 Å². The third-order valence-corrected chi connectivity index (χ3v) is 4.74. The van der Waals surface area contributed by atoms with E-state index < -0.39 is 11.8 Å². The maximum Gasteiger partial charge on any atom is 0.345 e. The summed E-state index contributed by atoms with van der Waals surface area (Å²) >= 11 is 2.05. The van der Waals surface area contributed by atoms with Crippen LogP contribution in [0.15, 0.2) is 24.3 Å². The molecule has 3 rings (SSSR count). The van der Waals surface area contributed by atoms with Crippen molar-refractivity contribution in [3.05, 3.63) is 35.6 Å². The van der Waals surface area contributed by atoms with Gasteiger partial charge in [0.1, 0.15) is 17.1 Å². The van der Waals surface area contributed by atoms with Gasteiger partial charge in [0.25, 0.3) is 0 Å². The summed E-state index contributed by atoms with van der Waals surface area (Å²) in [5, 5.41) is 4.43. The number of hydrogen-bond acceptors (Lipinski definition) is 6. The fourth-order valence-electron chi connectivity index (χ4n) is 2.66. The van der Waals surface area contributed by atoms with Crippen LogP contribution in [0.1, 0.15) is 17.3 Å². The van der Waals surface area contributed by atoms with Gasteiger partial charge in [-0.05, 0) is 19.1 Å². The van der Waals surface area contributed by atoms with E-state index >= 15 is 0 Å². The van der Waals surface area contributed by atoms with Gasteiger partial charge in [0.2, 0.25) is 5.88 Å². The number of ether oxygens (including phenoxy) is 2. The van der Waals surface area contributed by atoms with Crippen LogP contribution in [0, 0.1) is 11.7 Å². The highest BCUT2D eigenvalue weighted by molar-refractivity contribution is 14.2. The summed E-state index contributed by atoms with van der Waals surface area (Å²) in [5.74, 6) is -0.613. The number of nitrogens with zero attached hydrogens (tertiary/aromatic N) is 2. The van der Waals surface area contributed by atoms with Crippen LogP contribution in [-0.4, -0.2) is 35.6 Å². The van der Waals surface area contributed by atoms with Crippen LogP contribution in [0.25, 0.3) is 11.3 Å². The predicted octanol–water partition coefficient (Wildman–Crippen LogP) is 3.89. The molecule has 2 aromatic rings. The Balaban J connectivity index is 2.02. The van der Waals surface area contributed by atoms with E-state index in [2.05, 4.69) is 26.3 Å². The number of hydrogen-bond donors (Lipinski definition) is 0. The lowest BCUT2D eigenvalue weighted by molar-refractivity contribution is 0.0515. The lowest BCUT2D eigenvalue weighted by Gasteiger charge is -2.23. The van der Waals surface area contributed by atoms with Crippen molar-refractivity contribution in [3.63, 3.8) is 0 Å². The van der Waals surface area contributed by atoms with Crippen molar-refractivity contribution < 1.29 is 22.8 Å². The minimum Gasteiger partial charge on any atom is -0.477 e. The van der Waals surface area contributed by atoms with Gasteiger partial charge in [-0.1, -0.05) is 12.1 Å². The number of rotatable bonds is 6. The average Bonchev–Trinajstić information content (AvgIpc) is 2.99. The summed E-state index contributed by atoms with van der Waals surface area (Å²) < 4.78 is 32.1. The van der Waals surface area contributed by atoms with E-state index in [0.717, 1.165) is 0 Å². The first-order valence-corrected chi connectivity index (χ1v) is 11.0. The predicted molar refractivity (Wildman–Crippen MR) is 100 cm³/mol. The molecule has 0 amide bonds. The summed E-state index contributed by atoms with van der Waals surface area (Å²) in [6.45, 7) is 3.34. The van der Waals surface area contributed by atoms with Gasteiger partial charge in [0.05, 0.1) is 35.6 Å². The highest BCUT2D eigenvalue weighted by Gasteiger charge is 2.32. The first-order chi connectivity index (χ1) is 12.2. The van der Waals surface area contributed by atoms with E-state index in [1.807, 2.05) is 0 Å². The lowest BCUT2D eigenvalue weighted by Crippen LogP contribution is -2.29. The minimum absolute atomic E-state index is 0.0955. The molecule has 0 spiro atoms. The zero-order valence-electron chi connectivity index (χ0n) is 13.4. The highest BCUT2D eigenvalue weighted by atomic mass is 127. The van der Waals surface area contributed by atoms with Crippen molar-refractivity contribution >= 4 is 36.4 Å². The molecule has 0 aliphatic carbocycles. The van der Waals surface area contributed by atoms with Crippen molar-refractivity contribution in [2.24, 2.45) is 5.92 Å². The fraction of sp³-hybridized carbons (Fsp3) is 0.375. The fourth-order valence-corrected chi connectivity index (χ4v) is 3.35. The first-order valence-electron chi connectivity index (χ1n) is 7.71. The Labute approximate surface area is 160 Å². The Hall–Kier alpha value is -1.33. The van der Waals surface area contributed by atoms with E-state index in [-0.39, 0.29) is 29.3 Å². The summed E-state index contributed by atoms with van der Waals surface area (Å²) in [6, 6.07) is 6.20. The zero-order valence-corrected chi connectivity index (χ0v) is 16.4. The number of esters is 1. The second-order valence-corrected chi connectivity index (χ2v) is 6.88. The Morgan fingerprint density at radius 3 is 3.04 bits per heavy atom. The van der Waals surface area contributed by atoms with Crippen LogP contribution in [0.2, 0.25) is 0 Å². The second-order valence-electron chi connectivity index (χ2n) is 5.44. The number of benzene rings is 1. The molecule has 134 valence electrons. The number of aromatic nitrogens is 2. The SMILES string of the molecule is CCOC(=O)c1c(-c2ccccc2F)nn2c1OCC(COSI)C2. The molecule has 0 saturated carbocycles. The Kier molecular flexibility index (Phi) is 6.18.